The SMILES string of the molecule is CC(C)CNCc1ccc(SCC(F)(F)F)cc1. The molecule has 0 saturated heterocycles. The number of nitrogens with one attached hydrogen (secondary N) is 1. The van der Waals surface area contributed by atoms with Crippen molar-refractivity contribution in [2.75, 3.05) is 12.3 Å². The average Bonchev–Trinajstić information content (AvgIpc) is 2.26. The third kappa shape index (κ3) is 6.91. The predicted octanol–water partition coefficient (Wildman–Crippen LogP) is 4.09. The maximum atomic E-state index is 12.0. The highest BCUT2D eigenvalue weighted by molar-refractivity contribution is 7.99. The summed E-state index contributed by atoms with van der Waals surface area (Å²) in [7, 11) is 0. The highest BCUT2D eigenvalue weighted by Crippen LogP contribution is 2.27. The van der Waals surface area contributed by atoms with Crippen LogP contribution in [0.25, 0.3) is 0 Å². The molecule has 0 atom stereocenters. The minimum atomic E-state index is -4.11. The van der Waals surface area contributed by atoms with Crippen LogP contribution >= 0.6 is 11.8 Å². The van der Waals surface area contributed by atoms with Crippen LogP contribution in [-0.2, 0) is 6.54 Å². The molecule has 0 saturated carbocycles. The second kappa shape index (κ2) is 7.04. The van der Waals surface area contributed by atoms with E-state index in [1.807, 2.05) is 12.1 Å². The molecule has 102 valence electrons. The Hall–Kier alpha value is -0.680. The van der Waals surface area contributed by atoms with Gasteiger partial charge in [0.2, 0.25) is 0 Å². The summed E-state index contributed by atoms with van der Waals surface area (Å²) in [6.07, 6.45) is -4.11. The Labute approximate surface area is 110 Å². The lowest BCUT2D eigenvalue weighted by atomic mass is 10.2. The van der Waals surface area contributed by atoms with E-state index in [4.69, 9.17) is 0 Å². The molecule has 0 bridgehead atoms. The van der Waals surface area contributed by atoms with Gasteiger partial charge in [0, 0.05) is 11.4 Å². The molecular weight excluding hydrogens is 259 g/mol. The fourth-order valence-electron chi connectivity index (χ4n) is 1.37. The molecule has 5 heteroatoms. The zero-order valence-electron chi connectivity index (χ0n) is 10.6. The number of thioether (sulfide) groups is 1. The number of alkyl halides is 3. The van der Waals surface area contributed by atoms with Crippen LogP contribution in [0, 0.1) is 5.92 Å². The molecule has 1 aromatic rings. The summed E-state index contributed by atoms with van der Waals surface area (Å²) in [6.45, 7) is 5.95. The highest BCUT2D eigenvalue weighted by atomic mass is 32.2. The third-order valence-corrected chi connectivity index (χ3v) is 3.28. The number of hydrogen-bond acceptors (Lipinski definition) is 2. The molecule has 0 radical (unpaired) electrons. The van der Waals surface area contributed by atoms with Gasteiger partial charge >= 0.3 is 6.18 Å². The normalized spacial score (nSPS) is 12.1. The molecule has 18 heavy (non-hydrogen) atoms. The molecule has 1 N–H and O–H groups in total. The topological polar surface area (TPSA) is 12.0 Å². The van der Waals surface area contributed by atoms with Crippen molar-refractivity contribution in [3.05, 3.63) is 29.8 Å². The number of rotatable bonds is 6. The summed E-state index contributed by atoms with van der Waals surface area (Å²) in [5.41, 5.74) is 1.09. The first kappa shape index (κ1) is 15.4. The Bertz CT molecular complexity index is 346. The van der Waals surface area contributed by atoms with Gasteiger partial charge in [-0.3, -0.25) is 0 Å². The van der Waals surface area contributed by atoms with Gasteiger partial charge in [-0.05, 0) is 30.2 Å². The first-order chi connectivity index (χ1) is 8.37. The van der Waals surface area contributed by atoms with Crippen molar-refractivity contribution < 1.29 is 13.2 Å². The third-order valence-electron chi connectivity index (χ3n) is 2.21. The fourth-order valence-corrected chi connectivity index (χ4v) is 2.03. The minimum absolute atomic E-state index is 0.589. The molecule has 0 aliphatic carbocycles. The smallest absolute Gasteiger partial charge is 0.312 e. The molecule has 0 aliphatic rings. The van der Waals surface area contributed by atoms with Crippen molar-refractivity contribution in [3.8, 4) is 0 Å². The van der Waals surface area contributed by atoms with Crippen LogP contribution in [-0.4, -0.2) is 18.5 Å². The average molecular weight is 277 g/mol. The zero-order chi connectivity index (χ0) is 13.6. The number of benzene rings is 1. The molecular formula is C13H18F3NS. The van der Waals surface area contributed by atoms with Crippen molar-refractivity contribution >= 4 is 11.8 Å². The monoisotopic (exact) mass is 277 g/mol. The van der Waals surface area contributed by atoms with E-state index in [0.717, 1.165) is 30.4 Å². The van der Waals surface area contributed by atoms with Gasteiger partial charge in [0.1, 0.15) is 0 Å². The summed E-state index contributed by atoms with van der Waals surface area (Å²) >= 11 is 0.819. The molecule has 0 heterocycles. The molecule has 0 amide bonds. The van der Waals surface area contributed by atoms with Crippen molar-refractivity contribution in [2.24, 2.45) is 5.92 Å². The first-order valence-corrected chi connectivity index (χ1v) is 6.84. The molecule has 0 unspecified atom stereocenters. The van der Waals surface area contributed by atoms with Crippen molar-refractivity contribution in [3.63, 3.8) is 0 Å². The van der Waals surface area contributed by atoms with Crippen LogP contribution in [0.15, 0.2) is 29.2 Å². The molecule has 0 aromatic heterocycles. The minimum Gasteiger partial charge on any atom is -0.312 e. The van der Waals surface area contributed by atoms with Crippen LogP contribution in [0.1, 0.15) is 19.4 Å². The maximum absolute atomic E-state index is 12.0. The largest absolute Gasteiger partial charge is 0.398 e. The molecule has 1 aromatic carbocycles. The second-order valence-corrected chi connectivity index (χ2v) is 5.62. The van der Waals surface area contributed by atoms with Crippen molar-refractivity contribution in [2.45, 2.75) is 31.5 Å². The summed E-state index contributed by atoms with van der Waals surface area (Å²) in [5, 5.41) is 3.29. The lowest BCUT2D eigenvalue weighted by Gasteiger charge is -2.09. The van der Waals surface area contributed by atoms with Gasteiger partial charge in [-0.2, -0.15) is 13.2 Å². The van der Waals surface area contributed by atoms with Gasteiger partial charge in [0.05, 0.1) is 5.75 Å². The van der Waals surface area contributed by atoms with E-state index in [1.165, 1.54) is 0 Å². The highest BCUT2D eigenvalue weighted by Gasteiger charge is 2.27. The van der Waals surface area contributed by atoms with Crippen molar-refractivity contribution in [1.82, 2.24) is 5.32 Å². The van der Waals surface area contributed by atoms with E-state index in [9.17, 15) is 13.2 Å². The Morgan fingerprint density at radius 1 is 1.17 bits per heavy atom. The van der Waals surface area contributed by atoms with E-state index in [1.54, 1.807) is 12.1 Å². The van der Waals surface area contributed by atoms with E-state index in [2.05, 4.69) is 19.2 Å². The van der Waals surface area contributed by atoms with Crippen LogP contribution in [0.4, 0.5) is 13.2 Å². The molecule has 0 aliphatic heterocycles. The molecule has 1 nitrogen and oxygen atoms in total. The Morgan fingerprint density at radius 3 is 2.28 bits per heavy atom. The fraction of sp³-hybridized carbons (Fsp3) is 0.538. The number of halogens is 3. The van der Waals surface area contributed by atoms with Crippen molar-refractivity contribution in [1.29, 1.82) is 0 Å². The van der Waals surface area contributed by atoms with E-state index in [0.29, 0.717) is 10.8 Å². The van der Waals surface area contributed by atoms with Gasteiger partial charge in [-0.15, -0.1) is 11.8 Å². The van der Waals surface area contributed by atoms with Crippen LogP contribution in [0.5, 0.6) is 0 Å². The van der Waals surface area contributed by atoms with Crippen LogP contribution < -0.4 is 5.32 Å². The molecule has 0 fully saturated rings. The maximum Gasteiger partial charge on any atom is 0.398 e. The Balaban J connectivity index is 2.38. The summed E-state index contributed by atoms with van der Waals surface area (Å²) in [4.78, 5) is 0.653. The van der Waals surface area contributed by atoms with Gasteiger partial charge in [-0.25, -0.2) is 0 Å². The Morgan fingerprint density at radius 2 is 1.78 bits per heavy atom. The van der Waals surface area contributed by atoms with E-state index in [-0.39, 0.29) is 0 Å². The van der Waals surface area contributed by atoms with Gasteiger partial charge < -0.3 is 5.32 Å². The molecule has 1 rings (SSSR count). The standard InChI is InChI=1S/C13H18F3NS/c1-10(2)7-17-8-11-3-5-12(6-4-11)18-9-13(14,15)16/h3-6,10,17H,7-9H2,1-2H3. The van der Waals surface area contributed by atoms with Gasteiger partial charge in [0.15, 0.2) is 0 Å². The second-order valence-electron chi connectivity index (χ2n) is 4.57. The van der Waals surface area contributed by atoms with E-state index >= 15 is 0 Å². The predicted molar refractivity (Wildman–Crippen MR) is 69.8 cm³/mol. The van der Waals surface area contributed by atoms with Gasteiger partial charge in [0.25, 0.3) is 0 Å². The lowest BCUT2D eigenvalue weighted by molar-refractivity contribution is -0.105. The van der Waals surface area contributed by atoms with Crippen LogP contribution in [0.3, 0.4) is 0 Å². The molecule has 0 spiro atoms. The number of hydrogen-bond donors (Lipinski definition) is 1. The zero-order valence-corrected chi connectivity index (χ0v) is 11.4. The quantitative estimate of drug-likeness (QED) is 0.786. The van der Waals surface area contributed by atoms with Gasteiger partial charge in [-0.1, -0.05) is 26.0 Å². The first-order valence-electron chi connectivity index (χ1n) is 5.86. The van der Waals surface area contributed by atoms with E-state index < -0.39 is 11.9 Å². The Kier molecular flexibility index (Phi) is 6.02. The summed E-state index contributed by atoms with van der Waals surface area (Å²) < 4.78 is 36.1. The van der Waals surface area contributed by atoms with Crippen LogP contribution in [0.2, 0.25) is 0 Å². The summed E-state index contributed by atoms with van der Waals surface area (Å²) in [5.74, 6) is -0.246. The lowest BCUT2D eigenvalue weighted by Crippen LogP contribution is -2.18. The summed E-state index contributed by atoms with van der Waals surface area (Å²) in [6, 6.07) is 7.21.